The number of nitrogens with one attached hydrogen (secondary N) is 1. The number of rotatable bonds is 4. The molecule has 2 heterocycles. The van der Waals surface area contributed by atoms with E-state index in [1.165, 1.54) is 5.56 Å². The van der Waals surface area contributed by atoms with Crippen molar-refractivity contribution in [1.29, 1.82) is 0 Å². The number of benzene rings is 1. The summed E-state index contributed by atoms with van der Waals surface area (Å²) in [5.74, 6) is 0.668. The van der Waals surface area contributed by atoms with Gasteiger partial charge in [-0.1, -0.05) is 30.3 Å². The molecule has 0 radical (unpaired) electrons. The van der Waals surface area contributed by atoms with Gasteiger partial charge in [0.15, 0.2) is 5.72 Å². The number of piperidine rings is 1. The number of carbonyl (C=O) groups is 2. The molecule has 2 saturated heterocycles. The highest BCUT2D eigenvalue weighted by Gasteiger charge is 2.53. The van der Waals surface area contributed by atoms with Crippen LogP contribution in [0.5, 0.6) is 0 Å². The van der Waals surface area contributed by atoms with Crippen molar-refractivity contribution in [2.24, 2.45) is 11.8 Å². The number of hydrogen-bond donors (Lipinski definition) is 1. The maximum absolute atomic E-state index is 13.3. The SMILES string of the molecule is CC1(C)OC2(CCCN(C(=O)C(Cc3ccccc3)C3CC3)C2)NC1=O. The zero-order chi connectivity index (χ0) is 18.4. The smallest absolute Gasteiger partial charge is 0.254 e. The van der Waals surface area contributed by atoms with E-state index < -0.39 is 11.3 Å². The largest absolute Gasteiger partial charge is 0.338 e. The van der Waals surface area contributed by atoms with Crippen molar-refractivity contribution in [3.8, 4) is 0 Å². The molecule has 5 heteroatoms. The highest BCUT2D eigenvalue weighted by molar-refractivity contribution is 5.87. The second-order valence-electron chi connectivity index (χ2n) is 8.56. The number of hydrogen-bond acceptors (Lipinski definition) is 3. The lowest BCUT2D eigenvalue weighted by Crippen LogP contribution is -2.58. The lowest BCUT2D eigenvalue weighted by molar-refractivity contribution is -0.155. The van der Waals surface area contributed by atoms with Crippen LogP contribution >= 0.6 is 0 Å². The second kappa shape index (κ2) is 6.38. The number of nitrogens with zero attached hydrogens (tertiary/aromatic N) is 1. The first-order chi connectivity index (χ1) is 12.4. The van der Waals surface area contributed by atoms with Crippen LogP contribution in [0.3, 0.4) is 0 Å². The first kappa shape index (κ1) is 17.5. The molecule has 1 aromatic carbocycles. The molecule has 3 fully saturated rings. The standard InChI is InChI=1S/C21H28N2O3/c1-20(2)19(25)22-21(26-20)11-6-12-23(14-21)18(24)17(16-9-10-16)13-15-7-4-3-5-8-15/h3-5,7-8,16-17H,6,9-14H2,1-2H3,(H,22,25). The van der Waals surface area contributed by atoms with Gasteiger partial charge >= 0.3 is 0 Å². The molecule has 140 valence electrons. The summed E-state index contributed by atoms with van der Waals surface area (Å²) >= 11 is 0. The Labute approximate surface area is 155 Å². The van der Waals surface area contributed by atoms with Gasteiger partial charge in [0.25, 0.3) is 5.91 Å². The monoisotopic (exact) mass is 356 g/mol. The Bertz CT molecular complexity index is 698. The van der Waals surface area contributed by atoms with Crippen LogP contribution in [-0.4, -0.2) is 41.1 Å². The minimum absolute atomic E-state index is 0.0395. The second-order valence-corrected chi connectivity index (χ2v) is 8.56. The summed E-state index contributed by atoms with van der Waals surface area (Å²) in [6.45, 7) is 4.79. The molecule has 2 atom stereocenters. The Balaban J connectivity index is 1.49. The van der Waals surface area contributed by atoms with Crippen LogP contribution in [0.15, 0.2) is 30.3 Å². The van der Waals surface area contributed by atoms with Crippen molar-refractivity contribution < 1.29 is 14.3 Å². The minimum atomic E-state index is -0.827. The maximum Gasteiger partial charge on any atom is 0.254 e. The van der Waals surface area contributed by atoms with Crippen LogP contribution in [0.2, 0.25) is 0 Å². The van der Waals surface area contributed by atoms with Crippen molar-refractivity contribution in [2.45, 2.75) is 57.3 Å². The third-order valence-electron chi connectivity index (χ3n) is 5.91. The first-order valence-corrected chi connectivity index (χ1v) is 9.74. The fourth-order valence-electron chi connectivity index (χ4n) is 4.37. The van der Waals surface area contributed by atoms with E-state index in [2.05, 4.69) is 17.4 Å². The average Bonchev–Trinajstić information content (AvgIpc) is 3.41. The summed E-state index contributed by atoms with van der Waals surface area (Å²) in [5.41, 5.74) is -0.322. The summed E-state index contributed by atoms with van der Waals surface area (Å²) in [5, 5.41) is 3.02. The summed E-state index contributed by atoms with van der Waals surface area (Å²) in [6.07, 6.45) is 4.70. The molecular formula is C21H28N2O3. The van der Waals surface area contributed by atoms with Gasteiger partial charge in [0.05, 0.1) is 6.54 Å². The summed E-state index contributed by atoms with van der Waals surface area (Å²) in [7, 11) is 0. The van der Waals surface area contributed by atoms with Crippen LogP contribution in [0.4, 0.5) is 0 Å². The molecule has 2 aliphatic heterocycles. The minimum Gasteiger partial charge on any atom is -0.338 e. The van der Waals surface area contributed by atoms with Crippen molar-refractivity contribution in [2.75, 3.05) is 13.1 Å². The van der Waals surface area contributed by atoms with E-state index in [1.807, 2.05) is 23.1 Å². The molecule has 5 nitrogen and oxygen atoms in total. The topological polar surface area (TPSA) is 58.6 Å². The summed E-state index contributed by atoms with van der Waals surface area (Å²) in [4.78, 5) is 27.5. The molecule has 3 aliphatic rings. The Morgan fingerprint density at radius 3 is 2.65 bits per heavy atom. The highest BCUT2D eigenvalue weighted by atomic mass is 16.6. The van der Waals surface area contributed by atoms with E-state index in [1.54, 1.807) is 13.8 Å². The van der Waals surface area contributed by atoms with Gasteiger partial charge in [0.2, 0.25) is 5.91 Å². The molecule has 1 N–H and O–H groups in total. The van der Waals surface area contributed by atoms with Crippen LogP contribution in [-0.2, 0) is 20.7 Å². The van der Waals surface area contributed by atoms with E-state index in [4.69, 9.17) is 4.74 Å². The molecule has 0 bridgehead atoms. The average molecular weight is 356 g/mol. The fourth-order valence-corrected chi connectivity index (χ4v) is 4.37. The molecule has 2 amide bonds. The van der Waals surface area contributed by atoms with Crippen LogP contribution in [0.1, 0.15) is 45.1 Å². The molecule has 1 aliphatic carbocycles. The first-order valence-electron chi connectivity index (χ1n) is 9.74. The number of amides is 2. The third kappa shape index (κ3) is 3.37. The lowest BCUT2D eigenvalue weighted by Gasteiger charge is -2.41. The van der Waals surface area contributed by atoms with Crippen molar-refractivity contribution >= 4 is 11.8 Å². The zero-order valence-corrected chi connectivity index (χ0v) is 15.7. The van der Waals surface area contributed by atoms with Crippen LogP contribution in [0.25, 0.3) is 0 Å². The van der Waals surface area contributed by atoms with E-state index in [0.717, 1.165) is 38.6 Å². The van der Waals surface area contributed by atoms with E-state index in [-0.39, 0.29) is 17.7 Å². The molecule has 2 unspecified atom stereocenters. The Hall–Kier alpha value is -1.88. The molecule has 26 heavy (non-hydrogen) atoms. The summed E-state index contributed by atoms with van der Waals surface area (Å²) < 4.78 is 6.09. The van der Waals surface area contributed by atoms with E-state index in [9.17, 15) is 9.59 Å². The molecule has 4 rings (SSSR count). The predicted octanol–water partition coefficient (Wildman–Crippen LogP) is 2.50. The molecular weight excluding hydrogens is 328 g/mol. The molecule has 0 aromatic heterocycles. The van der Waals surface area contributed by atoms with Gasteiger partial charge in [-0.3, -0.25) is 9.59 Å². The van der Waals surface area contributed by atoms with Gasteiger partial charge in [0, 0.05) is 12.5 Å². The van der Waals surface area contributed by atoms with Crippen molar-refractivity contribution in [3.05, 3.63) is 35.9 Å². The fraction of sp³-hybridized carbons (Fsp3) is 0.619. The van der Waals surface area contributed by atoms with Gasteiger partial charge in [0.1, 0.15) is 5.60 Å². The third-order valence-corrected chi connectivity index (χ3v) is 5.91. The number of ether oxygens (including phenoxy) is 1. The Morgan fingerprint density at radius 2 is 2.04 bits per heavy atom. The van der Waals surface area contributed by atoms with Gasteiger partial charge < -0.3 is 15.0 Å². The van der Waals surface area contributed by atoms with Gasteiger partial charge in [-0.05, 0) is 57.4 Å². The normalized spacial score (nSPS) is 28.8. The zero-order valence-electron chi connectivity index (χ0n) is 15.7. The Kier molecular flexibility index (Phi) is 4.30. The maximum atomic E-state index is 13.3. The van der Waals surface area contributed by atoms with Gasteiger partial charge in [-0.2, -0.15) is 0 Å². The van der Waals surface area contributed by atoms with Crippen LogP contribution in [0, 0.1) is 11.8 Å². The molecule has 1 aromatic rings. The predicted molar refractivity (Wildman–Crippen MR) is 98.2 cm³/mol. The van der Waals surface area contributed by atoms with Crippen LogP contribution < -0.4 is 5.32 Å². The Morgan fingerprint density at radius 1 is 1.31 bits per heavy atom. The quantitative estimate of drug-likeness (QED) is 0.902. The number of carbonyl (C=O) groups excluding carboxylic acids is 2. The highest BCUT2D eigenvalue weighted by Crippen LogP contribution is 2.41. The molecule has 1 saturated carbocycles. The molecule has 1 spiro atoms. The van der Waals surface area contributed by atoms with Gasteiger partial charge in [-0.15, -0.1) is 0 Å². The van der Waals surface area contributed by atoms with E-state index >= 15 is 0 Å². The summed E-state index contributed by atoms with van der Waals surface area (Å²) in [6, 6.07) is 10.3. The van der Waals surface area contributed by atoms with Crippen molar-refractivity contribution in [1.82, 2.24) is 10.2 Å². The number of likely N-dealkylation sites (tertiary alicyclic amines) is 1. The van der Waals surface area contributed by atoms with E-state index in [0.29, 0.717) is 12.5 Å². The van der Waals surface area contributed by atoms with Gasteiger partial charge in [-0.25, -0.2) is 0 Å². The van der Waals surface area contributed by atoms with Crippen molar-refractivity contribution in [3.63, 3.8) is 0 Å². The lowest BCUT2D eigenvalue weighted by atomic mass is 9.91.